The van der Waals surface area contributed by atoms with Gasteiger partial charge in [0.1, 0.15) is 0 Å². The lowest BCUT2D eigenvalue weighted by molar-refractivity contribution is 1.07. The van der Waals surface area contributed by atoms with Crippen molar-refractivity contribution < 1.29 is 0 Å². The van der Waals surface area contributed by atoms with Crippen molar-refractivity contribution in [2.75, 3.05) is 0 Å². The Labute approximate surface area is 139 Å². The molecule has 1 N–H and O–H groups in total. The maximum absolute atomic E-state index is 5.53. The minimum Gasteiger partial charge on any atom is -0.330 e. The quantitative estimate of drug-likeness (QED) is 0.365. The zero-order chi connectivity index (χ0) is 14.4. The second kappa shape index (κ2) is 4.92. The van der Waals surface area contributed by atoms with E-state index >= 15 is 0 Å². The van der Waals surface area contributed by atoms with Crippen LogP contribution in [0.15, 0.2) is 54.7 Å². The molecule has 0 fully saturated rings. The molecule has 0 atom stereocenters. The van der Waals surface area contributed by atoms with Crippen LogP contribution in [-0.4, -0.2) is 14.5 Å². The predicted octanol–water partition coefficient (Wildman–Crippen LogP) is 4.84. The van der Waals surface area contributed by atoms with Gasteiger partial charge in [-0.15, -0.1) is 0 Å². The van der Waals surface area contributed by atoms with Crippen LogP contribution >= 0.6 is 34.8 Å². The first-order valence-electron chi connectivity index (χ1n) is 6.48. The maximum Gasteiger partial charge on any atom is 0.182 e. The molecule has 2 heterocycles. The van der Waals surface area contributed by atoms with Crippen molar-refractivity contribution in [3.8, 4) is 5.69 Å². The molecule has 0 radical (unpaired) electrons. The number of halogens is 1. The molecule has 2 aromatic heterocycles. The highest BCUT2D eigenvalue weighted by atomic mass is 127. The second-order valence-electron chi connectivity index (χ2n) is 4.77. The van der Waals surface area contributed by atoms with Crippen LogP contribution in [0, 0.1) is 8.34 Å². The summed E-state index contributed by atoms with van der Waals surface area (Å²) >= 11 is 7.83. The molecular formula is C16H10IN3S. The van der Waals surface area contributed by atoms with Crippen molar-refractivity contribution in [2.24, 2.45) is 0 Å². The smallest absolute Gasteiger partial charge is 0.182 e. The third-order valence-electron chi connectivity index (χ3n) is 3.51. The predicted molar refractivity (Wildman–Crippen MR) is 96.5 cm³/mol. The van der Waals surface area contributed by atoms with E-state index in [1.54, 1.807) is 0 Å². The second-order valence-corrected chi connectivity index (χ2v) is 6.41. The van der Waals surface area contributed by atoms with E-state index in [1.165, 1.54) is 3.57 Å². The first-order chi connectivity index (χ1) is 10.2. The number of hydrogen-bond donors (Lipinski definition) is 1. The largest absolute Gasteiger partial charge is 0.330 e. The zero-order valence-electron chi connectivity index (χ0n) is 10.9. The fourth-order valence-corrected chi connectivity index (χ4v) is 3.40. The lowest BCUT2D eigenvalue weighted by Crippen LogP contribution is -1.95. The molecule has 0 aliphatic carbocycles. The number of fused-ring (bicyclic) bond motifs is 2. The number of aromatic amines is 1. The number of benzene rings is 2. The first-order valence-corrected chi connectivity index (χ1v) is 7.97. The lowest BCUT2D eigenvalue weighted by atomic mass is 10.1. The summed E-state index contributed by atoms with van der Waals surface area (Å²) in [6, 6.07) is 16.4. The van der Waals surface area contributed by atoms with Gasteiger partial charge in [0.2, 0.25) is 0 Å². The number of nitrogens with one attached hydrogen (secondary N) is 1. The van der Waals surface area contributed by atoms with Gasteiger partial charge in [-0.05, 0) is 77.3 Å². The molecular weight excluding hydrogens is 393 g/mol. The summed E-state index contributed by atoms with van der Waals surface area (Å²) in [4.78, 5) is 7.70. The molecule has 0 saturated heterocycles. The number of H-pyrrole nitrogens is 1. The number of rotatable bonds is 1. The Bertz CT molecular complexity index is 1030. The summed E-state index contributed by atoms with van der Waals surface area (Å²) in [6.45, 7) is 0. The molecule has 4 rings (SSSR count). The van der Waals surface area contributed by atoms with E-state index in [2.05, 4.69) is 67.5 Å². The summed E-state index contributed by atoms with van der Waals surface area (Å²) in [5.41, 5.74) is 4.15. The SMILES string of the molecule is S=c1[nH]c2cc(I)ccc2n1-c1cccc2ncccc12. The van der Waals surface area contributed by atoms with Gasteiger partial charge in [-0.2, -0.15) is 0 Å². The molecule has 0 spiro atoms. The van der Waals surface area contributed by atoms with Crippen LogP contribution in [0.25, 0.3) is 27.6 Å². The molecule has 4 aromatic rings. The van der Waals surface area contributed by atoms with Gasteiger partial charge >= 0.3 is 0 Å². The topological polar surface area (TPSA) is 33.6 Å². The summed E-state index contributed by atoms with van der Waals surface area (Å²) in [5, 5.41) is 1.09. The van der Waals surface area contributed by atoms with Crippen molar-refractivity contribution in [3.63, 3.8) is 0 Å². The van der Waals surface area contributed by atoms with E-state index in [9.17, 15) is 0 Å². The molecule has 0 aliphatic rings. The Balaban J connectivity index is 2.14. The Kier molecular flexibility index (Phi) is 3.04. The summed E-state index contributed by atoms with van der Waals surface area (Å²) < 4.78 is 3.96. The number of imidazole rings is 1. The molecule has 0 unspecified atom stereocenters. The standard InChI is InChI=1S/C16H10IN3S/c17-10-6-7-15-13(9-10)19-16(21)20(15)14-5-1-4-12-11(14)3-2-8-18-12/h1-9H,(H,19,21). The Hall–Kier alpha value is -1.73. The van der Waals surface area contributed by atoms with E-state index in [1.807, 2.05) is 24.4 Å². The van der Waals surface area contributed by atoms with Crippen LogP contribution in [0.2, 0.25) is 0 Å². The lowest BCUT2D eigenvalue weighted by Gasteiger charge is -2.08. The Morgan fingerprint density at radius 2 is 2.00 bits per heavy atom. The molecule has 0 amide bonds. The summed E-state index contributed by atoms with van der Waals surface area (Å²) in [5.74, 6) is 0. The van der Waals surface area contributed by atoms with Crippen LogP contribution in [0.5, 0.6) is 0 Å². The molecule has 2 aromatic carbocycles. The van der Waals surface area contributed by atoms with Crippen molar-refractivity contribution in [3.05, 3.63) is 63.1 Å². The van der Waals surface area contributed by atoms with E-state index in [0.29, 0.717) is 4.77 Å². The van der Waals surface area contributed by atoms with Crippen LogP contribution < -0.4 is 0 Å². The Morgan fingerprint density at radius 3 is 2.90 bits per heavy atom. The number of hydrogen-bond acceptors (Lipinski definition) is 2. The van der Waals surface area contributed by atoms with Crippen molar-refractivity contribution in [1.29, 1.82) is 0 Å². The molecule has 3 nitrogen and oxygen atoms in total. The summed E-state index contributed by atoms with van der Waals surface area (Å²) in [6.07, 6.45) is 1.81. The van der Waals surface area contributed by atoms with Gasteiger partial charge in [0, 0.05) is 15.2 Å². The van der Waals surface area contributed by atoms with Crippen molar-refractivity contribution >= 4 is 56.7 Å². The normalized spacial score (nSPS) is 11.3. The van der Waals surface area contributed by atoms with Gasteiger partial charge in [0.15, 0.2) is 4.77 Å². The molecule has 0 aliphatic heterocycles. The molecule has 5 heteroatoms. The van der Waals surface area contributed by atoms with Crippen molar-refractivity contribution in [1.82, 2.24) is 14.5 Å². The fraction of sp³-hybridized carbons (Fsp3) is 0. The zero-order valence-corrected chi connectivity index (χ0v) is 13.9. The maximum atomic E-state index is 5.53. The van der Waals surface area contributed by atoms with Gasteiger partial charge in [0.05, 0.1) is 22.2 Å². The van der Waals surface area contributed by atoms with E-state index in [0.717, 1.165) is 27.6 Å². The highest BCUT2D eigenvalue weighted by Gasteiger charge is 2.09. The molecule has 0 saturated carbocycles. The van der Waals surface area contributed by atoms with Gasteiger partial charge in [0.25, 0.3) is 0 Å². The number of aromatic nitrogens is 3. The fourth-order valence-electron chi connectivity index (χ4n) is 2.61. The first kappa shape index (κ1) is 13.0. The van der Waals surface area contributed by atoms with E-state index in [-0.39, 0.29) is 0 Å². The van der Waals surface area contributed by atoms with Crippen LogP contribution in [0.4, 0.5) is 0 Å². The van der Waals surface area contributed by atoms with Gasteiger partial charge in [-0.25, -0.2) is 0 Å². The molecule has 102 valence electrons. The highest BCUT2D eigenvalue weighted by molar-refractivity contribution is 14.1. The van der Waals surface area contributed by atoms with Gasteiger partial charge < -0.3 is 4.98 Å². The molecule has 21 heavy (non-hydrogen) atoms. The Morgan fingerprint density at radius 1 is 1.10 bits per heavy atom. The summed E-state index contributed by atoms with van der Waals surface area (Å²) in [7, 11) is 0. The van der Waals surface area contributed by atoms with Crippen LogP contribution in [0.3, 0.4) is 0 Å². The third-order valence-corrected chi connectivity index (χ3v) is 4.46. The minimum atomic E-state index is 0.698. The van der Waals surface area contributed by atoms with E-state index in [4.69, 9.17) is 12.2 Å². The minimum absolute atomic E-state index is 0.698. The monoisotopic (exact) mass is 403 g/mol. The van der Waals surface area contributed by atoms with E-state index < -0.39 is 0 Å². The average Bonchev–Trinajstić information content (AvgIpc) is 2.81. The van der Waals surface area contributed by atoms with Crippen LogP contribution in [0.1, 0.15) is 0 Å². The number of pyridine rings is 1. The highest BCUT2D eigenvalue weighted by Crippen LogP contribution is 2.26. The third kappa shape index (κ3) is 2.08. The van der Waals surface area contributed by atoms with Gasteiger partial charge in [-0.3, -0.25) is 9.55 Å². The molecule has 0 bridgehead atoms. The van der Waals surface area contributed by atoms with Crippen molar-refractivity contribution in [2.45, 2.75) is 0 Å². The average molecular weight is 403 g/mol. The van der Waals surface area contributed by atoms with Crippen LogP contribution in [-0.2, 0) is 0 Å². The number of nitrogens with zero attached hydrogens (tertiary/aromatic N) is 2. The van der Waals surface area contributed by atoms with Gasteiger partial charge in [-0.1, -0.05) is 6.07 Å².